The van der Waals surface area contributed by atoms with Gasteiger partial charge in [-0.05, 0) is 82.4 Å². The second-order valence-electron chi connectivity index (χ2n) is 17.8. The van der Waals surface area contributed by atoms with Gasteiger partial charge in [-0.1, -0.05) is 158 Å². The Labute approximate surface area is 403 Å². The average Bonchev–Trinajstić information content (AvgIpc) is 4.20. The zero-order valence-corrected chi connectivity index (χ0v) is 38.0. The predicted octanol–water partition coefficient (Wildman–Crippen LogP) is 17.9. The van der Waals surface area contributed by atoms with Crippen LogP contribution in [0, 0.1) is 0 Å². The quantitative estimate of drug-likeness (QED) is 0.165. The van der Waals surface area contributed by atoms with E-state index in [4.69, 9.17) is 28.2 Å². The molecular formula is C63H35N3O3S. The molecule has 0 saturated heterocycles. The molecule has 5 heterocycles. The van der Waals surface area contributed by atoms with Crippen LogP contribution in [0.4, 0.5) is 0 Å². The molecule has 326 valence electrons. The Hall–Kier alpha value is -9.17. The Morgan fingerprint density at radius 2 is 0.857 bits per heavy atom. The zero-order chi connectivity index (χ0) is 45.9. The number of furan rings is 3. The molecule has 0 atom stereocenters. The lowest BCUT2D eigenvalue weighted by Gasteiger charge is -2.11. The van der Waals surface area contributed by atoms with Gasteiger partial charge in [0.1, 0.15) is 33.5 Å². The van der Waals surface area contributed by atoms with Crippen LogP contribution in [0.2, 0.25) is 0 Å². The Bertz CT molecular complexity index is 4600. The van der Waals surface area contributed by atoms with Crippen molar-refractivity contribution in [1.82, 2.24) is 15.0 Å². The number of para-hydroxylation sites is 3. The standard InChI is InChI=1S/C63H35N3O3S/c1-2-12-37(13-3-1)61-64-62(38-26-24-36(25-27-38)42-17-10-18-46-43-14-4-7-20-51(43)69-60(42)46)66-63(65-61)48-19-11-22-54-59(48)50-32-40(29-31-53(50)67-54)49-33-41(34-55-58(49)47-16-5-8-21-52(47)68-55)39-28-30-45-44-15-6-9-23-56(44)70-57(45)35-39/h1-35H. The first kappa shape index (κ1) is 38.9. The van der Waals surface area contributed by atoms with Crippen LogP contribution in [0.15, 0.2) is 226 Å². The number of hydrogen-bond acceptors (Lipinski definition) is 7. The van der Waals surface area contributed by atoms with Crippen LogP contribution >= 0.6 is 11.3 Å². The summed E-state index contributed by atoms with van der Waals surface area (Å²) in [5.74, 6) is 1.71. The predicted molar refractivity (Wildman–Crippen MR) is 287 cm³/mol. The fraction of sp³-hybridized carbons (Fsp3) is 0. The number of thiophene rings is 1. The smallest absolute Gasteiger partial charge is 0.164 e. The van der Waals surface area contributed by atoms with Gasteiger partial charge < -0.3 is 13.3 Å². The van der Waals surface area contributed by atoms with Crippen LogP contribution in [0.1, 0.15) is 0 Å². The fourth-order valence-electron chi connectivity index (χ4n) is 10.5. The van der Waals surface area contributed by atoms with Crippen molar-refractivity contribution in [3.63, 3.8) is 0 Å². The van der Waals surface area contributed by atoms with Crippen molar-refractivity contribution in [1.29, 1.82) is 0 Å². The molecule has 0 spiro atoms. The van der Waals surface area contributed by atoms with Gasteiger partial charge in [-0.3, -0.25) is 0 Å². The number of hydrogen-bond donors (Lipinski definition) is 0. The van der Waals surface area contributed by atoms with Gasteiger partial charge in [0.2, 0.25) is 0 Å². The maximum atomic E-state index is 6.65. The molecule has 0 aliphatic heterocycles. The zero-order valence-electron chi connectivity index (χ0n) is 37.2. The van der Waals surface area contributed by atoms with Crippen molar-refractivity contribution in [3.8, 4) is 67.5 Å². The number of fused-ring (bicyclic) bond motifs is 12. The third kappa shape index (κ3) is 6.08. The van der Waals surface area contributed by atoms with E-state index in [1.165, 1.54) is 20.2 Å². The lowest BCUT2D eigenvalue weighted by Crippen LogP contribution is -2.00. The van der Waals surface area contributed by atoms with E-state index < -0.39 is 0 Å². The Kier molecular flexibility index (Phi) is 8.43. The van der Waals surface area contributed by atoms with Crippen LogP contribution in [-0.2, 0) is 0 Å². The molecule has 0 aliphatic rings. The van der Waals surface area contributed by atoms with E-state index in [9.17, 15) is 0 Å². The molecule has 0 radical (unpaired) electrons. The van der Waals surface area contributed by atoms with Crippen molar-refractivity contribution in [2.75, 3.05) is 0 Å². The maximum Gasteiger partial charge on any atom is 0.164 e. The monoisotopic (exact) mass is 913 g/mol. The normalized spacial score (nSPS) is 12.0. The van der Waals surface area contributed by atoms with Gasteiger partial charge in [-0.25, -0.2) is 15.0 Å². The summed E-state index contributed by atoms with van der Waals surface area (Å²) in [6.45, 7) is 0. The van der Waals surface area contributed by atoms with Crippen molar-refractivity contribution in [3.05, 3.63) is 212 Å². The summed E-state index contributed by atoms with van der Waals surface area (Å²) in [5.41, 5.74) is 14.0. The van der Waals surface area contributed by atoms with E-state index in [0.717, 1.165) is 116 Å². The number of nitrogens with zero attached hydrogens (tertiary/aromatic N) is 3. The van der Waals surface area contributed by atoms with Gasteiger partial charge in [0.05, 0.1) is 0 Å². The first-order valence-corrected chi connectivity index (χ1v) is 24.1. The molecule has 10 aromatic carbocycles. The molecule has 6 nitrogen and oxygen atoms in total. The minimum absolute atomic E-state index is 0.556. The summed E-state index contributed by atoms with van der Waals surface area (Å²) in [4.78, 5) is 15.6. The molecule has 0 unspecified atom stereocenters. The van der Waals surface area contributed by atoms with Crippen LogP contribution in [0.5, 0.6) is 0 Å². The van der Waals surface area contributed by atoms with E-state index in [-0.39, 0.29) is 0 Å². The highest BCUT2D eigenvalue weighted by Gasteiger charge is 2.21. The lowest BCUT2D eigenvalue weighted by molar-refractivity contribution is 0.669. The molecule has 15 aromatic rings. The first-order chi connectivity index (χ1) is 34.6. The molecular weight excluding hydrogens is 879 g/mol. The van der Waals surface area contributed by atoms with Crippen molar-refractivity contribution >= 4 is 97.3 Å². The van der Waals surface area contributed by atoms with Crippen LogP contribution in [0.3, 0.4) is 0 Å². The van der Waals surface area contributed by atoms with Gasteiger partial charge in [-0.2, -0.15) is 0 Å². The minimum Gasteiger partial charge on any atom is -0.456 e. The summed E-state index contributed by atoms with van der Waals surface area (Å²) in [6, 6.07) is 73.8. The third-order valence-corrected chi connectivity index (χ3v) is 14.9. The Morgan fingerprint density at radius 1 is 0.271 bits per heavy atom. The topological polar surface area (TPSA) is 78.1 Å². The minimum atomic E-state index is 0.556. The Morgan fingerprint density at radius 3 is 1.71 bits per heavy atom. The number of benzene rings is 10. The van der Waals surface area contributed by atoms with E-state index in [1.54, 1.807) is 0 Å². The van der Waals surface area contributed by atoms with Crippen LogP contribution in [-0.4, -0.2) is 15.0 Å². The van der Waals surface area contributed by atoms with Crippen molar-refractivity contribution in [2.45, 2.75) is 0 Å². The SMILES string of the molecule is c1ccc(-c2nc(-c3ccc(-c4cccc5c4oc4ccccc45)cc3)nc(-c3cccc4oc5ccc(-c6cc(-c7ccc8c(c7)sc7ccccc78)cc7oc8ccccc8c67)cc5c34)n2)cc1. The molecule has 70 heavy (non-hydrogen) atoms. The summed E-state index contributed by atoms with van der Waals surface area (Å²) < 4.78 is 22.2. The molecule has 0 aliphatic carbocycles. The average molecular weight is 914 g/mol. The summed E-state index contributed by atoms with van der Waals surface area (Å²) in [6.07, 6.45) is 0. The number of aromatic nitrogens is 3. The van der Waals surface area contributed by atoms with Gasteiger partial charge in [0, 0.05) is 74.7 Å². The van der Waals surface area contributed by atoms with Gasteiger partial charge in [0.25, 0.3) is 0 Å². The molecule has 0 amide bonds. The summed E-state index contributed by atoms with van der Waals surface area (Å²) in [5, 5.41) is 8.81. The molecule has 0 N–H and O–H groups in total. The van der Waals surface area contributed by atoms with Gasteiger partial charge in [0.15, 0.2) is 17.5 Å². The molecule has 15 rings (SSSR count). The van der Waals surface area contributed by atoms with E-state index in [0.29, 0.717) is 17.5 Å². The van der Waals surface area contributed by atoms with E-state index >= 15 is 0 Å². The molecule has 0 bridgehead atoms. The summed E-state index contributed by atoms with van der Waals surface area (Å²) >= 11 is 1.83. The Balaban J connectivity index is 0.888. The molecule has 5 aromatic heterocycles. The first-order valence-electron chi connectivity index (χ1n) is 23.3. The second kappa shape index (κ2) is 15.2. The van der Waals surface area contributed by atoms with Crippen LogP contribution < -0.4 is 0 Å². The molecule has 7 heteroatoms. The number of rotatable bonds is 6. The van der Waals surface area contributed by atoms with E-state index in [1.807, 2.05) is 84.1 Å². The van der Waals surface area contributed by atoms with Crippen molar-refractivity contribution < 1.29 is 13.3 Å². The lowest BCUT2D eigenvalue weighted by atomic mass is 9.93. The highest BCUT2D eigenvalue weighted by atomic mass is 32.1. The van der Waals surface area contributed by atoms with Crippen molar-refractivity contribution in [2.24, 2.45) is 0 Å². The highest BCUT2D eigenvalue weighted by molar-refractivity contribution is 7.25. The highest BCUT2D eigenvalue weighted by Crippen LogP contribution is 2.45. The maximum absolute atomic E-state index is 6.65. The third-order valence-electron chi connectivity index (χ3n) is 13.8. The fourth-order valence-corrected chi connectivity index (χ4v) is 11.6. The summed E-state index contributed by atoms with van der Waals surface area (Å²) in [7, 11) is 0. The molecule has 0 fully saturated rings. The second-order valence-corrected chi connectivity index (χ2v) is 18.9. The van der Waals surface area contributed by atoms with Gasteiger partial charge in [-0.15, -0.1) is 11.3 Å². The largest absolute Gasteiger partial charge is 0.456 e. The van der Waals surface area contributed by atoms with E-state index in [2.05, 4.69) is 140 Å². The van der Waals surface area contributed by atoms with Gasteiger partial charge >= 0.3 is 0 Å². The van der Waals surface area contributed by atoms with Crippen LogP contribution in [0.25, 0.3) is 154 Å². The molecule has 0 saturated carbocycles.